The van der Waals surface area contributed by atoms with Gasteiger partial charge < -0.3 is 15.4 Å². The van der Waals surface area contributed by atoms with Crippen molar-refractivity contribution in [2.75, 3.05) is 30.4 Å². The SMILES string of the molecule is CC1COCCN1c1ncc(N)cc1C#N. The van der Waals surface area contributed by atoms with Gasteiger partial charge in [0.15, 0.2) is 0 Å². The second kappa shape index (κ2) is 4.37. The number of nitriles is 1. The number of nitrogen functional groups attached to an aromatic ring is 1. The van der Waals surface area contributed by atoms with Gasteiger partial charge in [0.05, 0.1) is 36.7 Å². The second-order valence-electron chi connectivity index (χ2n) is 3.87. The van der Waals surface area contributed by atoms with E-state index in [1.807, 2.05) is 0 Å². The molecule has 1 aromatic rings. The first-order valence-corrected chi connectivity index (χ1v) is 5.22. The van der Waals surface area contributed by atoms with Crippen molar-refractivity contribution in [1.82, 2.24) is 4.98 Å². The van der Waals surface area contributed by atoms with Crippen LogP contribution in [0.4, 0.5) is 11.5 Å². The number of hydrogen-bond donors (Lipinski definition) is 1. The van der Waals surface area contributed by atoms with E-state index >= 15 is 0 Å². The number of pyridine rings is 1. The van der Waals surface area contributed by atoms with Gasteiger partial charge in [-0.1, -0.05) is 0 Å². The first kappa shape index (κ1) is 10.7. The minimum Gasteiger partial charge on any atom is -0.397 e. The zero-order chi connectivity index (χ0) is 11.5. The highest BCUT2D eigenvalue weighted by molar-refractivity contribution is 5.59. The van der Waals surface area contributed by atoms with E-state index in [-0.39, 0.29) is 6.04 Å². The highest BCUT2D eigenvalue weighted by atomic mass is 16.5. The number of ether oxygens (including phenoxy) is 1. The van der Waals surface area contributed by atoms with Gasteiger partial charge in [-0.25, -0.2) is 4.98 Å². The van der Waals surface area contributed by atoms with Crippen LogP contribution in [0.3, 0.4) is 0 Å². The second-order valence-corrected chi connectivity index (χ2v) is 3.87. The fourth-order valence-corrected chi connectivity index (χ4v) is 1.83. The normalized spacial score (nSPS) is 20.5. The lowest BCUT2D eigenvalue weighted by atomic mass is 10.2. The Morgan fingerprint density at radius 1 is 1.69 bits per heavy atom. The van der Waals surface area contributed by atoms with Gasteiger partial charge in [-0.15, -0.1) is 0 Å². The topological polar surface area (TPSA) is 75.2 Å². The lowest BCUT2D eigenvalue weighted by Gasteiger charge is -2.34. The van der Waals surface area contributed by atoms with Crippen LogP contribution in [-0.2, 0) is 4.74 Å². The summed E-state index contributed by atoms with van der Waals surface area (Å²) in [6.07, 6.45) is 1.58. The van der Waals surface area contributed by atoms with Crippen molar-refractivity contribution in [3.63, 3.8) is 0 Å². The molecule has 1 saturated heterocycles. The number of nitrogens with zero attached hydrogens (tertiary/aromatic N) is 3. The highest BCUT2D eigenvalue weighted by Crippen LogP contribution is 2.22. The molecule has 0 saturated carbocycles. The third-order valence-corrected chi connectivity index (χ3v) is 2.65. The molecule has 0 bridgehead atoms. The van der Waals surface area contributed by atoms with Crippen LogP contribution in [-0.4, -0.2) is 30.8 Å². The van der Waals surface area contributed by atoms with E-state index in [0.29, 0.717) is 30.3 Å². The van der Waals surface area contributed by atoms with E-state index < -0.39 is 0 Å². The van der Waals surface area contributed by atoms with Crippen LogP contribution in [0.1, 0.15) is 12.5 Å². The number of anilines is 2. The molecule has 1 aromatic heterocycles. The molecule has 5 heteroatoms. The van der Waals surface area contributed by atoms with E-state index in [0.717, 1.165) is 6.54 Å². The van der Waals surface area contributed by atoms with Gasteiger partial charge >= 0.3 is 0 Å². The van der Waals surface area contributed by atoms with Crippen LogP contribution < -0.4 is 10.6 Å². The van der Waals surface area contributed by atoms with Crippen LogP contribution in [0.15, 0.2) is 12.3 Å². The fourth-order valence-electron chi connectivity index (χ4n) is 1.83. The Hall–Kier alpha value is -1.80. The van der Waals surface area contributed by atoms with Crippen LogP contribution in [0.2, 0.25) is 0 Å². The standard InChI is InChI=1S/C11H14N4O/c1-8-7-16-3-2-15(8)11-9(5-12)4-10(13)6-14-11/h4,6,8H,2-3,7,13H2,1H3. The lowest BCUT2D eigenvalue weighted by molar-refractivity contribution is 0.0985. The van der Waals surface area contributed by atoms with Crippen molar-refractivity contribution in [3.8, 4) is 6.07 Å². The summed E-state index contributed by atoms with van der Waals surface area (Å²) in [4.78, 5) is 6.33. The fraction of sp³-hybridized carbons (Fsp3) is 0.455. The Labute approximate surface area is 94.4 Å². The van der Waals surface area contributed by atoms with Crippen LogP contribution in [0.5, 0.6) is 0 Å². The van der Waals surface area contributed by atoms with Gasteiger partial charge in [0.1, 0.15) is 11.9 Å². The van der Waals surface area contributed by atoms with Crippen molar-refractivity contribution in [1.29, 1.82) is 5.26 Å². The zero-order valence-corrected chi connectivity index (χ0v) is 9.18. The summed E-state index contributed by atoms with van der Waals surface area (Å²) in [5, 5.41) is 9.06. The molecule has 2 heterocycles. The minimum absolute atomic E-state index is 0.233. The molecule has 0 aromatic carbocycles. The molecule has 0 spiro atoms. The molecule has 0 aliphatic carbocycles. The van der Waals surface area contributed by atoms with Crippen molar-refractivity contribution in [2.24, 2.45) is 0 Å². The van der Waals surface area contributed by atoms with Crippen molar-refractivity contribution < 1.29 is 4.74 Å². The third-order valence-electron chi connectivity index (χ3n) is 2.65. The number of nitrogens with two attached hydrogens (primary N) is 1. The average molecular weight is 218 g/mol. The van der Waals surface area contributed by atoms with E-state index in [2.05, 4.69) is 22.9 Å². The number of aromatic nitrogens is 1. The Morgan fingerprint density at radius 3 is 3.19 bits per heavy atom. The summed E-state index contributed by atoms with van der Waals surface area (Å²) in [6.45, 7) is 4.14. The van der Waals surface area contributed by atoms with Gasteiger partial charge in [0.2, 0.25) is 0 Å². The summed E-state index contributed by atoms with van der Waals surface area (Å²) in [6, 6.07) is 4.02. The summed E-state index contributed by atoms with van der Waals surface area (Å²) in [5.41, 5.74) is 6.65. The number of hydrogen-bond acceptors (Lipinski definition) is 5. The third kappa shape index (κ3) is 1.92. The molecule has 0 radical (unpaired) electrons. The zero-order valence-electron chi connectivity index (χ0n) is 9.18. The molecular weight excluding hydrogens is 204 g/mol. The van der Waals surface area contributed by atoms with Crippen molar-refractivity contribution in [3.05, 3.63) is 17.8 Å². The first-order chi connectivity index (χ1) is 7.72. The first-order valence-electron chi connectivity index (χ1n) is 5.22. The van der Waals surface area contributed by atoms with E-state index in [4.69, 9.17) is 15.7 Å². The largest absolute Gasteiger partial charge is 0.397 e. The molecule has 84 valence electrons. The highest BCUT2D eigenvalue weighted by Gasteiger charge is 2.22. The minimum atomic E-state index is 0.233. The molecule has 0 amide bonds. The van der Waals surface area contributed by atoms with Gasteiger partial charge in [-0.3, -0.25) is 0 Å². The van der Waals surface area contributed by atoms with Gasteiger partial charge in [-0.2, -0.15) is 5.26 Å². The molecule has 16 heavy (non-hydrogen) atoms. The smallest absolute Gasteiger partial charge is 0.147 e. The molecule has 1 atom stereocenters. The van der Waals surface area contributed by atoms with E-state index in [9.17, 15) is 0 Å². The van der Waals surface area contributed by atoms with Gasteiger partial charge in [-0.05, 0) is 13.0 Å². The summed E-state index contributed by atoms with van der Waals surface area (Å²) in [7, 11) is 0. The van der Waals surface area contributed by atoms with Crippen LogP contribution in [0, 0.1) is 11.3 Å². The molecule has 5 nitrogen and oxygen atoms in total. The van der Waals surface area contributed by atoms with Crippen LogP contribution in [0.25, 0.3) is 0 Å². The van der Waals surface area contributed by atoms with Crippen LogP contribution >= 0.6 is 0 Å². The van der Waals surface area contributed by atoms with Gasteiger partial charge in [0, 0.05) is 6.54 Å². The molecule has 2 rings (SSSR count). The summed E-state index contributed by atoms with van der Waals surface area (Å²) >= 11 is 0. The molecule has 1 aliphatic heterocycles. The maximum atomic E-state index is 9.06. The molecular formula is C11H14N4O. The van der Waals surface area contributed by atoms with E-state index in [1.54, 1.807) is 12.3 Å². The molecule has 1 aliphatic rings. The summed E-state index contributed by atoms with van der Waals surface area (Å²) in [5.74, 6) is 0.701. The predicted octanol–water partition coefficient (Wildman–Crippen LogP) is 0.761. The Kier molecular flexibility index (Phi) is 2.93. The quantitative estimate of drug-likeness (QED) is 0.753. The Bertz CT molecular complexity index is 426. The van der Waals surface area contributed by atoms with Gasteiger partial charge in [0.25, 0.3) is 0 Å². The molecule has 1 unspecified atom stereocenters. The average Bonchev–Trinajstić information content (AvgIpc) is 2.30. The maximum absolute atomic E-state index is 9.06. The van der Waals surface area contributed by atoms with Crippen molar-refractivity contribution >= 4 is 11.5 Å². The lowest BCUT2D eigenvalue weighted by Crippen LogP contribution is -2.44. The Balaban J connectivity index is 2.35. The number of rotatable bonds is 1. The Morgan fingerprint density at radius 2 is 2.50 bits per heavy atom. The molecule has 2 N–H and O–H groups in total. The molecule has 1 fully saturated rings. The monoisotopic (exact) mass is 218 g/mol. The van der Waals surface area contributed by atoms with E-state index in [1.165, 1.54) is 0 Å². The maximum Gasteiger partial charge on any atom is 0.147 e. The van der Waals surface area contributed by atoms with Crippen molar-refractivity contribution in [2.45, 2.75) is 13.0 Å². The summed E-state index contributed by atoms with van der Waals surface area (Å²) < 4.78 is 5.35. The predicted molar refractivity (Wildman–Crippen MR) is 61.0 cm³/mol. The number of morpholine rings is 1.